The Morgan fingerprint density at radius 1 is 1.55 bits per heavy atom. The second kappa shape index (κ2) is 3.67. The number of rotatable bonds is 2. The van der Waals surface area contributed by atoms with Crippen molar-refractivity contribution in [1.82, 2.24) is 5.32 Å². The number of hydrogen-bond donors (Lipinski definition) is 1. The van der Waals surface area contributed by atoms with Gasteiger partial charge in [-0.05, 0) is 18.9 Å². The molecule has 1 aliphatic heterocycles. The third-order valence-corrected chi connectivity index (χ3v) is 2.16. The van der Waals surface area contributed by atoms with Crippen molar-refractivity contribution in [3.05, 3.63) is 11.1 Å². The average Bonchev–Trinajstić information content (AvgIpc) is 2.40. The van der Waals surface area contributed by atoms with Gasteiger partial charge in [0.25, 0.3) is 0 Å². The van der Waals surface area contributed by atoms with E-state index < -0.39 is 0 Å². The summed E-state index contributed by atoms with van der Waals surface area (Å²) in [6.07, 6.45) is 1.05. The summed E-state index contributed by atoms with van der Waals surface area (Å²) < 4.78 is 0. The Morgan fingerprint density at radius 3 is 2.64 bits per heavy atom. The van der Waals surface area contributed by atoms with Gasteiger partial charge < -0.3 is 5.32 Å². The number of nitrogens with zero attached hydrogens (tertiary/aromatic N) is 1. The summed E-state index contributed by atoms with van der Waals surface area (Å²) in [4.78, 5) is 4.26. The standard InChI is InChI=1S/C9H16N2/c1-4-9(10-3)8-6-11-5-7(8)2/h11H,4-6H2,1-3H3. The molecule has 0 aromatic carbocycles. The van der Waals surface area contributed by atoms with Gasteiger partial charge in [-0.3, -0.25) is 4.99 Å². The van der Waals surface area contributed by atoms with E-state index in [-0.39, 0.29) is 0 Å². The van der Waals surface area contributed by atoms with E-state index in [0.717, 1.165) is 19.5 Å². The minimum atomic E-state index is 1.01. The van der Waals surface area contributed by atoms with Crippen LogP contribution in [0.5, 0.6) is 0 Å². The normalized spacial score (nSPS) is 19.7. The molecule has 11 heavy (non-hydrogen) atoms. The van der Waals surface area contributed by atoms with Crippen LogP contribution in [0.4, 0.5) is 0 Å². The van der Waals surface area contributed by atoms with E-state index in [0.29, 0.717) is 0 Å². The second-order valence-corrected chi connectivity index (χ2v) is 2.89. The molecular weight excluding hydrogens is 136 g/mol. The Morgan fingerprint density at radius 2 is 2.27 bits per heavy atom. The van der Waals surface area contributed by atoms with E-state index in [1.165, 1.54) is 16.9 Å². The van der Waals surface area contributed by atoms with Crippen molar-refractivity contribution < 1.29 is 0 Å². The highest BCUT2D eigenvalue weighted by Crippen LogP contribution is 2.12. The van der Waals surface area contributed by atoms with Crippen LogP contribution in [-0.2, 0) is 0 Å². The van der Waals surface area contributed by atoms with Gasteiger partial charge in [0.15, 0.2) is 0 Å². The van der Waals surface area contributed by atoms with Crippen LogP contribution < -0.4 is 5.32 Å². The fraction of sp³-hybridized carbons (Fsp3) is 0.667. The van der Waals surface area contributed by atoms with Gasteiger partial charge in [0.1, 0.15) is 0 Å². The zero-order chi connectivity index (χ0) is 8.27. The fourth-order valence-electron chi connectivity index (χ4n) is 1.49. The maximum Gasteiger partial charge on any atom is 0.0386 e. The summed E-state index contributed by atoms with van der Waals surface area (Å²) in [6, 6.07) is 0. The second-order valence-electron chi connectivity index (χ2n) is 2.89. The first-order chi connectivity index (χ1) is 5.29. The molecule has 0 unspecified atom stereocenters. The van der Waals surface area contributed by atoms with E-state index in [1.54, 1.807) is 0 Å². The van der Waals surface area contributed by atoms with Crippen molar-refractivity contribution in [3.63, 3.8) is 0 Å². The molecule has 0 saturated carbocycles. The van der Waals surface area contributed by atoms with Gasteiger partial charge in [-0.15, -0.1) is 0 Å². The lowest BCUT2D eigenvalue weighted by Gasteiger charge is -2.03. The number of aliphatic imine (C=N–C) groups is 1. The first-order valence-corrected chi connectivity index (χ1v) is 4.15. The predicted octanol–water partition coefficient (Wildman–Crippen LogP) is 1.39. The monoisotopic (exact) mass is 152 g/mol. The van der Waals surface area contributed by atoms with Crippen molar-refractivity contribution in [1.29, 1.82) is 0 Å². The van der Waals surface area contributed by atoms with Crippen molar-refractivity contribution in [2.75, 3.05) is 20.1 Å². The molecule has 1 rings (SSSR count). The van der Waals surface area contributed by atoms with Crippen LogP contribution in [0.2, 0.25) is 0 Å². The quantitative estimate of drug-likeness (QED) is 0.594. The van der Waals surface area contributed by atoms with Crippen LogP contribution in [-0.4, -0.2) is 25.8 Å². The van der Waals surface area contributed by atoms with Gasteiger partial charge in [-0.2, -0.15) is 0 Å². The molecule has 2 nitrogen and oxygen atoms in total. The zero-order valence-electron chi connectivity index (χ0n) is 7.57. The molecule has 0 aromatic heterocycles. The summed E-state index contributed by atoms with van der Waals surface area (Å²) in [5.74, 6) is 0. The SMILES string of the molecule is CCC(=NC)C1=C(C)CNC1. The molecule has 62 valence electrons. The fourth-order valence-corrected chi connectivity index (χ4v) is 1.49. The van der Waals surface area contributed by atoms with E-state index in [4.69, 9.17) is 0 Å². The molecule has 1 N–H and O–H groups in total. The largest absolute Gasteiger partial charge is 0.309 e. The molecule has 0 amide bonds. The molecule has 1 aliphatic rings. The van der Waals surface area contributed by atoms with Crippen LogP contribution in [0.15, 0.2) is 16.1 Å². The summed E-state index contributed by atoms with van der Waals surface area (Å²) in [7, 11) is 1.87. The van der Waals surface area contributed by atoms with Crippen LogP contribution in [0.3, 0.4) is 0 Å². The van der Waals surface area contributed by atoms with E-state index >= 15 is 0 Å². The van der Waals surface area contributed by atoms with Crippen LogP contribution >= 0.6 is 0 Å². The van der Waals surface area contributed by atoms with Gasteiger partial charge in [0, 0.05) is 25.8 Å². The Balaban J connectivity index is 2.80. The highest BCUT2D eigenvalue weighted by Gasteiger charge is 2.13. The lowest BCUT2D eigenvalue weighted by Crippen LogP contribution is -2.12. The molecule has 0 spiro atoms. The molecule has 0 aromatic rings. The van der Waals surface area contributed by atoms with Gasteiger partial charge in [-0.25, -0.2) is 0 Å². The van der Waals surface area contributed by atoms with Gasteiger partial charge in [0.2, 0.25) is 0 Å². The summed E-state index contributed by atoms with van der Waals surface area (Å²) >= 11 is 0. The minimum Gasteiger partial charge on any atom is -0.309 e. The summed E-state index contributed by atoms with van der Waals surface area (Å²) in [5.41, 5.74) is 4.13. The van der Waals surface area contributed by atoms with Crippen molar-refractivity contribution in [2.24, 2.45) is 4.99 Å². The average molecular weight is 152 g/mol. The van der Waals surface area contributed by atoms with Crippen molar-refractivity contribution in [2.45, 2.75) is 20.3 Å². The first kappa shape index (κ1) is 8.47. The highest BCUT2D eigenvalue weighted by atomic mass is 14.9. The molecule has 0 bridgehead atoms. The van der Waals surface area contributed by atoms with Crippen LogP contribution in [0.25, 0.3) is 0 Å². The minimum absolute atomic E-state index is 1.01. The van der Waals surface area contributed by atoms with Crippen molar-refractivity contribution in [3.8, 4) is 0 Å². The maximum atomic E-state index is 4.26. The predicted molar refractivity (Wildman–Crippen MR) is 49.2 cm³/mol. The Bertz CT molecular complexity index is 202. The van der Waals surface area contributed by atoms with Gasteiger partial charge in [0.05, 0.1) is 0 Å². The molecular formula is C9H16N2. The molecule has 0 aliphatic carbocycles. The summed E-state index contributed by atoms with van der Waals surface area (Å²) in [6.45, 7) is 6.37. The molecule has 1 heterocycles. The molecule has 0 atom stereocenters. The number of hydrogen-bond acceptors (Lipinski definition) is 2. The lowest BCUT2D eigenvalue weighted by molar-refractivity contribution is 0.869. The molecule has 2 heteroatoms. The van der Waals surface area contributed by atoms with Gasteiger partial charge in [-0.1, -0.05) is 12.5 Å². The molecule has 0 saturated heterocycles. The first-order valence-electron chi connectivity index (χ1n) is 4.15. The van der Waals surface area contributed by atoms with E-state index in [2.05, 4.69) is 24.2 Å². The Kier molecular flexibility index (Phi) is 2.83. The topological polar surface area (TPSA) is 24.4 Å². The summed E-state index contributed by atoms with van der Waals surface area (Å²) in [5, 5.41) is 3.32. The Labute approximate surface area is 68.4 Å². The van der Waals surface area contributed by atoms with E-state index in [9.17, 15) is 0 Å². The Hall–Kier alpha value is -0.630. The molecule has 0 radical (unpaired) electrons. The van der Waals surface area contributed by atoms with Crippen LogP contribution in [0.1, 0.15) is 20.3 Å². The van der Waals surface area contributed by atoms with Gasteiger partial charge >= 0.3 is 0 Å². The van der Waals surface area contributed by atoms with E-state index in [1.807, 2.05) is 7.05 Å². The van der Waals surface area contributed by atoms with Crippen molar-refractivity contribution >= 4 is 5.71 Å². The highest BCUT2D eigenvalue weighted by molar-refractivity contribution is 6.01. The smallest absolute Gasteiger partial charge is 0.0386 e. The number of nitrogens with one attached hydrogen (secondary N) is 1. The van der Waals surface area contributed by atoms with Crippen LogP contribution in [0, 0.1) is 0 Å². The maximum absolute atomic E-state index is 4.26. The zero-order valence-corrected chi connectivity index (χ0v) is 7.57. The third-order valence-electron chi connectivity index (χ3n) is 2.16. The molecule has 0 fully saturated rings. The lowest BCUT2D eigenvalue weighted by atomic mass is 10.1. The third kappa shape index (κ3) is 1.69.